The molecule has 106 valence electrons. The second-order valence-corrected chi connectivity index (χ2v) is 5.64. The molecule has 1 heterocycles. The van der Waals surface area contributed by atoms with Crippen LogP contribution in [0.1, 0.15) is 27.7 Å². The molecule has 1 unspecified atom stereocenters. The topological polar surface area (TPSA) is 98.7 Å². The Hall–Kier alpha value is -1.60. The summed E-state index contributed by atoms with van der Waals surface area (Å²) < 4.78 is 0. The summed E-state index contributed by atoms with van der Waals surface area (Å²) in [6, 6.07) is -0.468. The minimum absolute atomic E-state index is 0.0160. The van der Waals surface area contributed by atoms with Gasteiger partial charge in [0.15, 0.2) is 0 Å². The Morgan fingerprint density at radius 1 is 1.37 bits per heavy atom. The van der Waals surface area contributed by atoms with Gasteiger partial charge in [-0.3, -0.25) is 5.32 Å². The van der Waals surface area contributed by atoms with Crippen LogP contribution in [0.15, 0.2) is 0 Å². The highest BCUT2D eigenvalue weighted by Crippen LogP contribution is 2.32. The van der Waals surface area contributed by atoms with E-state index in [1.54, 1.807) is 13.8 Å². The fourth-order valence-electron chi connectivity index (χ4n) is 1.45. The van der Waals surface area contributed by atoms with E-state index in [1.165, 1.54) is 11.3 Å². The molecule has 2 amide bonds. The fraction of sp³-hybridized carbons (Fsp3) is 0.500. The summed E-state index contributed by atoms with van der Waals surface area (Å²) in [6.07, 6.45) is 0. The summed E-state index contributed by atoms with van der Waals surface area (Å²) in [6.45, 7) is 5.63. The molecule has 1 rings (SSSR count). The first-order valence-electron chi connectivity index (χ1n) is 5.85. The number of nitrogens with one attached hydrogen (secondary N) is 2. The smallest absolute Gasteiger partial charge is 0.338 e. The van der Waals surface area contributed by atoms with Gasteiger partial charge in [0.05, 0.1) is 5.56 Å². The second kappa shape index (κ2) is 6.53. The zero-order chi connectivity index (χ0) is 14.6. The largest absolute Gasteiger partial charge is 0.478 e. The van der Waals surface area contributed by atoms with Crippen molar-refractivity contribution < 1.29 is 19.8 Å². The molecule has 4 N–H and O–H groups in total. The molecule has 0 aliphatic carbocycles. The SMILES string of the molecule is Cc1sc(NC(=O)NCC(C)CO)c(C(=O)O)c1C. The first kappa shape index (κ1) is 15.5. The average Bonchev–Trinajstić information content (AvgIpc) is 2.61. The van der Waals surface area contributed by atoms with Gasteiger partial charge in [-0.2, -0.15) is 0 Å². The summed E-state index contributed by atoms with van der Waals surface area (Å²) >= 11 is 1.24. The van der Waals surface area contributed by atoms with Crippen LogP contribution < -0.4 is 10.6 Å². The molecule has 1 aromatic rings. The van der Waals surface area contributed by atoms with Crippen LogP contribution in [-0.2, 0) is 0 Å². The van der Waals surface area contributed by atoms with Crippen molar-refractivity contribution in [3.63, 3.8) is 0 Å². The van der Waals surface area contributed by atoms with E-state index in [4.69, 9.17) is 10.2 Å². The van der Waals surface area contributed by atoms with Gasteiger partial charge in [-0.25, -0.2) is 9.59 Å². The van der Waals surface area contributed by atoms with E-state index in [2.05, 4.69) is 10.6 Å². The fourth-order valence-corrected chi connectivity index (χ4v) is 2.50. The van der Waals surface area contributed by atoms with E-state index < -0.39 is 12.0 Å². The molecular weight excluding hydrogens is 268 g/mol. The standard InChI is InChI=1S/C12H18N2O4S/c1-6(5-15)4-13-12(18)14-10-9(11(16)17)7(2)8(3)19-10/h6,15H,4-5H2,1-3H3,(H,16,17)(H2,13,14,18). The summed E-state index contributed by atoms with van der Waals surface area (Å²) in [5.41, 5.74) is 0.796. The van der Waals surface area contributed by atoms with Crippen molar-refractivity contribution in [3.8, 4) is 0 Å². The van der Waals surface area contributed by atoms with E-state index in [9.17, 15) is 9.59 Å². The van der Waals surface area contributed by atoms with Crippen LogP contribution >= 0.6 is 11.3 Å². The molecule has 0 saturated carbocycles. The van der Waals surface area contributed by atoms with Crippen LogP contribution in [0.5, 0.6) is 0 Å². The molecule has 1 aromatic heterocycles. The molecule has 0 aliphatic rings. The lowest BCUT2D eigenvalue weighted by atomic mass is 10.1. The summed E-state index contributed by atoms with van der Waals surface area (Å²) in [5, 5.41) is 23.4. The van der Waals surface area contributed by atoms with Crippen molar-refractivity contribution >= 4 is 28.3 Å². The number of thiophene rings is 1. The van der Waals surface area contributed by atoms with Crippen LogP contribution in [0.3, 0.4) is 0 Å². The maximum absolute atomic E-state index is 11.6. The number of carboxylic acids is 1. The third-order valence-corrected chi connectivity index (χ3v) is 3.87. The number of hydrogen-bond donors (Lipinski definition) is 4. The highest BCUT2D eigenvalue weighted by Gasteiger charge is 2.20. The number of amides is 2. The maximum atomic E-state index is 11.6. The predicted octanol–water partition coefficient (Wildman–Crippen LogP) is 1.81. The number of anilines is 1. The lowest BCUT2D eigenvalue weighted by molar-refractivity contribution is 0.0697. The Morgan fingerprint density at radius 2 is 2.00 bits per heavy atom. The Bertz CT molecular complexity index is 484. The van der Waals surface area contributed by atoms with E-state index in [0.717, 1.165) is 4.88 Å². The van der Waals surface area contributed by atoms with Crippen molar-refractivity contribution in [3.05, 3.63) is 16.0 Å². The molecular formula is C12H18N2O4S. The average molecular weight is 286 g/mol. The highest BCUT2D eigenvalue weighted by molar-refractivity contribution is 7.16. The molecule has 6 nitrogen and oxygen atoms in total. The number of carboxylic acid groups (broad SMARTS) is 1. The monoisotopic (exact) mass is 286 g/mol. The third-order valence-electron chi connectivity index (χ3n) is 2.75. The van der Waals surface area contributed by atoms with Gasteiger partial charge in [0.1, 0.15) is 5.00 Å². The summed E-state index contributed by atoms with van der Waals surface area (Å²) in [7, 11) is 0. The third kappa shape index (κ3) is 3.93. The van der Waals surface area contributed by atoms with Gasteiger partial charge in [-0.05, 0) is 25.3 Å². The Kier molecular flexibility index (Phi) is 5.31. The van der Waals surface area contributed by atoms with Crippen LogP contribution in [-0.4, -0.2) is 35.4 Å². The normalized spacial score (nSPS) is 12.0. The lowest BCUT2D eigenvalue weighted by Gasteiger charge is -2.10. The van der Waals surface area contributed by atoms with Crippen molar-refractivity contribution in [2.45, 2.75) is 20.8 Å². The molecule has 0 saturated heterocycles. The van der Waals surface area contributed by atoms with Crippen LogP contribution in [0.4, 0.5) is 9.80 Å². The number of aryl methyl sites for hydroxylation is 1. The van der Waals surface area contributed by atoms with Crippen molar-refractivity contribution in [1.82, 2.24) is 5.32 Å². The number of aliphatic hydroxyl groups is 1. The zero-order valence-corrected chi connectivity index (χ0v) is 11.9. The molecule has 7 heteroatoms. The first-order valence-corrected chi connectivity index (χ1v) is 6.67. The number of aromatic carboxylic acids is 1. The van der Waals surface area contributed by atoms with Crippen LogP contribution in [0.25, 0.3) is 0 Å². The lowest BCUT2D eigenvalue weighted by Crippen LogP contribution is -2.33. The van der Waals surface area contributed by atoms with Crippen LogP contribution in [0, 0.1) is 19.8 Å². The molecule has 0 fully saturated rings. The van der Waals surface area contributed by atoms with E-state index in [0.29, 0.717) is 17.1 Å². The molecule has 0 bridgehead atoms. The molecule has 0 aromatic carbocycles. The quantitative estimate of drug-likeness (QED) is 0.663. The summed E-state index contributed by atoms with van der Waals surface area (Å²) in [5.74, 6) is -1.10. The number of carbonyl (C=O) groups is 2. The first-order chi connectivity index (χ1) is 8.86. The number of carbonyl (C=O) groups excluding carboxylic acids is 1. The van der Waals surface area contributed by atoms with E-state index in [-0.39, 0.29) is 18.1 Å². The minimum atomic E-state index is -1.05. The van der Waals surface area contributed by atoms with Gasteiger partial charge < -0.3 is 15.5 Å². The Balaban J connectivity index is 2.74. The molecule has 0 radical (unpaired) electrons. The Morgan fingerprint density at radius 3 is 2.53 bits per heavy atom. The van der Waals surface area contributed by atoms with Gasteiger partial charge in [0.25, 0.3) is 0 Å². The van der Waals surface area contributed by atoms with Crippen molar-refractivity contribution in [1.29, 1.82) is 0 Å². The van der Waals surface area contributed by atoms with Crippen LogP contribution in [0.2, 0.25) is 0 Å². The molecule has 0 aliphatic heterocycles. The molecule has 19 heavy (non-hydrogen) atoms. The number of rotatable bonds is 5. The molecule has 1 atom stereocenters. The van der Waals surface area contributed by atoms with Gasteiger partial charge in [-0.1, -0.05) is 6.92 Å². The maximum Gasteiger partial charge on any atom is 0.338 e. The van der Waals surface area contributed by atoms with Gasteiger partial charge in [0, 0.05) is 18.0 Å². The number of urea groups is 1. The second-order valence-electron chi connectivity index (χ2n) is 4.42. The molecule has 0 spiro atoms. The summed E-state index contributed by atoms with van der Waals surface area (Å²) in [4.78, 5) is 23.6. The number of aliphatic hydroxyl groups excluding tert-OH is 1. The van der Waals surface area contributed by atoms with Gasteiger partial charge in [0.2, 0.25) is 0 Å². The van der Waals surface area contributed by atoms with E-state index >= 15 is 0 Å². The van der Waals surface area contributed by atoms with E-state index in [1.807, 2.05) is 6.92 Å². The Labute approximate surface area is 115 Å². The highest BCUT2D eigenvalue weighted by atomic mass is 32.1. The predicted molar refractivity (Wildman–Crippen MR) is 74.0 cm³/mol. The minimum Gasteiger partial charge on any atom is -0.478 e. The number of hydrogen-bond acceptors (Lipinski definition) is 4. The zero-order valence-electron chi connectivity index (χ0n) is 11.1. The van der Waals surface area contributed by atoms with Gasteiger partial charge in [-0.15, -0.1) is 11.3 Å². The van der Waals surface area contributed by atoms with Crippen molar-refractivity contribution in [2.75, 3.05) is 18.5 Å². The van der Waals surface area contributed by atoms with Gasteiger partial charge >= 0.3 is 12.0 Å². The van der Waals surface area contributed by atoms with Crippen molar-refractivity contribution in [2.24, 2.45) is 5.92 Å².